The van der Waals surface area contributed by atoms with E-state index in [1.165, 1.54) is 12.1 Å². The molecule has 2 radical (unpaired) electrons. The number of carbonyl (C=O) groups excluding carboxylic acids is 1. The normalized spacial score (nSPS) is 18.9. The largest absolute Gasteiger partial charge is 0.378 e. The fraction of sp³-hybridized carbons (Fsp3) is 0.407. The number of pyridine rings is 1. The van der Waals surface area contributed by atoms with Crippen molar-refractivity contribution in [3.63, 3.8) is 0 Å². The molecule has 0 bridgehead atoms. The number of halogens is 3. The van der Waals surface area contributed by atoms with Gasteiger partial charge in [-0.1, -0.05) is 38.1 Å². The Bertz CT molecular complexity index is 1290. The zero-order valence-corrected chi connectivity index (χ0v) is 20.8. The van der Waals surface area contributed by atoms with Crippen molar-refractivity contribution in [1.82, 2.24) is 9.88 Å². The summed E-state index contributed by atoms with van der Waals surface area (Å²) in [4.78, 5) is 18.8. The second-order valence-corrected chi connectivity index (χ2v) is 9.61. The topological polar surface area (TPSA) is 54.5 Å². The number of aromatic nitrogens is 1. The van der Waals surface area contributed by atoms with E-state index in [2.05, 4.69) is 10.3 Å². The molecule has 5 nitrogen and oxygen atoms in total. The van der Waals surface area contributed by atoms with E-state index >= 15 is 0 Å². The summed E-state index contributed by atoms with van der Waals surface area (Å²) in [5.41, 5.74) is 1.17. The van der Waals surface area contributed by atoms with Gasteiger partial charge >= 0.3 is 0 Å². The predicted octanol–water partition coefficient (Wildman–Crippen LogP) is 5.01. The molecule has 4 rings (SSSR count). The molecule has 1 aliphatic heterocycles. The number of amides is 1. The standard InChI is InChI=1S/C27H29BF3N3O2/c1-15(2)26(35)34-11-10-27(14-34,36-4)17-8-9-21-20(12-17)22(13-23(28)33-21)32-16(3)18-6-5-7-19(24(18)29)25(30)31/h5-9,12-13,15-16,25H,10-11,14H2,1-4H3,(H,32,33)/t16-,27-/m1/s1. The molecule has 1 aliphatic rings. The smallest absolute Gasteiger partial charge is 0.266 e. The first-order chi connectivity index (χ1) is 17.1. The molecule has 2 atom stereocenters. The molecule has 1 aromatic heterocycles. The number of rotatable bonds is 7. The Morgan fingerprint density at radius 2 is 1.89 bits per heavy atom. The van der Waals surface area contributed by atoms with Crippen LogP contribution in [0.15, 0.2) is 42.5 Å². The third kappa shape index (κ3) is 4.81. The second kappa shape index (κ2) is 10.1. The van der Waals surface area contributed by atoms with Crippen molar-refractivity contribution in [2.75, 3.05) is 25.5 Å². The number of alkyl halides is 2. The maximum atomic E-state index is 14.8. The van der Waals surface area contributed by atoms with Gasteiger partial charge in [0.15, 0.2) is 0 Å². The van der Waals surface area contributed by atoms with Gasteiger partial charge in [0.1, 0.15) is 19.3 Å². The molecule has 0 saturated carbocycles. The average molecular weight is 495 g/mol. The minimum Gasteiger partial charge on any atom is -0.378 e. The van der Waals surface area contributed by atoms with E-state index in [9.17, 15) is 18.0 Å². The molecule has 0 spiro atoms. The van der Waals surface area contributed by atoms with Crippen LogP contribution in [0.3, 0.4) is 0 Å². The lowest BCUT2D eigenvalue weighted by atomic mass is 9.90. The van der Waals surface area contributed by atoms with E-state index in [1.807, 2.05) is 36.9 Å². The van der Waals surface area contributed by atoms with Crippen molar-refractivity contribution in [1.29, 1.82) is 0 Å². The van der Waals surface area contributed by atoms with Gasteiger partial charge in [-0.25, -0.2) is 13.2 Å². The third-order valence-corrected chi connectivity index (χ3v) is 6.91. The maximum Gasteiger partial charge on any atom is 0.266 e. The molecule has 2 heterocycles. The van der Waals surface area contributed by atoms with Gasteiger partial charge in [0, 0.05) is 36.2 Å². The van der Waals surface area contributed by atoms with Crippen molar-refractivity contribution in [3.8, 4) is 0 Å². The summed E-state index contributed by atoms with van der Waals surface area (Å²) in [6.07, 6.45) is -2.27. The Balaban J connectivity index is 1.72. The summed E-state index contributed by atoms with van der Waals surface area (Å²) in [6, 6.07) is 10.7. The number of anilines is 1. The summed E-state index contributed by atoms with van der Waals surface area (Å²) >= 11 is 0. The third-order valence-electron chi connectivity index (χ3n) is 6.91. The molecule has 1 fully saturated rings. The van der Waals surface area contributed by atoms with Crippen LogP contribution in [0, 0.1) is 11.7 Å². The van der Waals surface area contributed by atoms with Crippen LogP contribution in [0.5, 0.6) is 0 Å². The predicted molar refractivity (Wildman–Crippen MR) is 135 cm³/mol. The van der Waals surface area contributed by atoms with E-state index in [4.69, 9.17) is 12.6 Å². The molecular formula is C27H29BF3N3O2. The lowest BCUT2D eigenvalue weighted by molar-refractivity contribution is -0.134. The summed E-state index contributed by atoms with van der Waals surface area (Å²) < 4.78 is 47.2. The number of benzene rings is 2. The van der Waals surface area contributed by atoms with Crippen LogP contribution in [-0.4, -0.2) is 43.8 Å². The number of hydrogen-bond acceptors (Lipinski definition) is 4. The molecular weight excluding hydrogens is 466 g/mol. The van der Waals surface area contributed by atoms with Crippen LogP contribution < -0.4 is 10.9 Å². The van der Waals surface area contributed by atoms with Gasteiger partial charge in [-0.05, 0) is 42.7 Å². The molecule has 1 amide bonds. The van der Waals surface area contributed by atoms with Gasteiger partial charge in [0.2, 0.25) is 5.91 Å². The van der Waals surface area contributed by atoms with Crippen molar-refractivity contribution >= 4 is 35.9 Å². The number of likely N-dealkylation sites (tertiary alicyclic amines) is 1. The van der Waals surface area contributed by atoms with Gasteiger partial charge in [-0.15, -0.1) is 0 Å². The lowest BCUT2D eigenvalue weighted by Gasteiger charge is -2.29. The number of fused-ring (bicyclic) bond motifs is 1. The van der Waals surface area contributed by atoms with Crippen molar-refractivity contribution < 1.29 is 22.7 Å². The van der Waals surface area contributed by atoms with Crippen LogP contribution in [0.4, 0.5) is 18.9 Å². The number of methoxy groups -OCH3 is 1. The minimum atomic E-state index is -2.91. The highest BCUT2D eigenvalue weighted by molar-refractivity contribution is 6.31. The summed E-state index contributed by atoms with van der Waals surface area (Å²) in [7, 11) is 7.67. The molecule has 2 aromatic carbocycles. The second-order valence-electron chi connectivity index (χ2n) is 9.61. The SMILES string of the molecule is [B]c1cc(N[C@H](C)c2cccc(C(F)F)c2F)c2cc([C@@]3(OC)CCN(C(=O)C(C)C)C3)ccc2n1. The fourth-order valence-electron chi connectivity index (χ4n) is 4.89. The number of nitrogens with zero attached hydrogens (tertiary/aromatic N) is 2. The number of ether oxygens (including phenoxy) is 1. The van der Waals surface area contributed by atoms with Crippen molar-refractivity contribution in [2.45, 2.75) is 45.3 Å². The highest BCUT2D eigenvalue weighted by atomic mass is 19.3. The first-order valence-electron chi connectivity index (χ1n) is 11.9. The lowest BCUT2D eigenvalue weighted by Crippen LogP contribution is -2.37. The van der Waals surface area contributed by atoms with Gasteiger partial charge < -0.3 is 15.0 Å². The van der Waals surface area contributed by atoms with Crippen LogP contribution in [0.1, 0.15) is 56.3 Å². The Morgan fingerprint density at radius 1 is 1.17 bits per heavy atom. The molecule has 9 heteroatoms. The molecule has 36 heavy (non-hydrogen) atoms. The minimum absolute atomic E-state index is 0.0772. The van der Waals surface area contributed by atoms with Gasteiger partial charge in [0.05, 0.1) is 23.7 Å². The zero-order valence-electron chi connectivity index (χ0n) is 20.8. The molecule has 3 aromatic rings. The maximum absolute atomic E-state index is 14.8. The molecule has 188 valence electrons. The van der Waals surface area contributed by atoms with E-state index in [-0.39, 0.29) is 23.0 Å². The quantitative estimate of drug-likeness (QED) is 0.469. The van der Waals surface area contributed by atoms with Crippen LogP contribution in [-0.2, 0) is 15.1 Å². The zero-order chi connectivity index (χ0) is 26.2. The molecule has 1 N–H and O–H groups in total. The van der Waals surface area contributed by atoms with Crippen LogP contribution >= 0.6 is 0 Å². The monoisotopic (exact) mass is 495 g/mol. The Kier molecular flexibility index (Phi) is 7.32. The van der Waals surface area contributed by atoms with E-state index < -0.39 is 29.4 Å². The molecule has 1 saturated heterocycles. The van der Waals surface area contributed by atoms with Gasteiger partial charge in [0.25, 0.3) is 6.43 Å². The van der Waals surface area contributed by atoms with Crippen LogP contribution in [0.2, 0.25) is 0 Å². The Morgan fingerprint density at radius 3 is 2.56 bits per heavy atom. The summed E-state index contributed by atoms with van der Waals surface area (Å²) in [6.45, 7) is 6.47. The Labute approximate surface area is 210 Å². The Hall–Kier alpha value is -3.07. The van der Waals surface area contributed by atoms with Crippen molar-refractivity contribution in [3.05, 3.63) is 65.0 Å². The highest BCUT2D eigenvalue weighted by Crippen LogP contribution is 2.38. The molecule has 0 aliphatic carbocycles. The summed E-state index contributed by atoms with van der Waals surface area (Å²) in [5.74, 6) is -0.963. The van der Waals surface area contributed by atoms with Crippen LogP contribution in [0.25, 0.3) is 10.9 Å². The molecule has 0 unspecified atom stereocenters. The number of carbonyl (C=O) groups is 1. The van der Waals surface area contributed by atoms with E-state index in [1.54, 1.807) is 20.1 Å². The number of nitrogens with one attached hydrogen (secondary N) is 1. The van der Waals surface area contributed by atoms with E-state index in [0.717, 1.165) is 17.0 Å². The van der Waals surface area contributed by atoms with Crippen molar-refractivity contribution in [2.24, 2.45) is 5.92 Å². The number of hydrogen-bond donors (Lipinski definition) is 1. The highest BCUT2D eigenvalue weighted by Gasteiger charge is 2.42. The van der Waals surface area contributed by atoms with E-state index in [0.29, 0.717) is 30.7 Å². The van der Waals surface area contributed by atoms with Gasteiger partial charge in [-0.2, -0.15) is 0 Å². The average Bonchev–Trinajstić information content (AvgIpc) is 3.29. The summed E-state index contributed by atoms with van der Waals surface area (Å²) in [5, 5.41) is 3.95. The first kappa shape index (κ1) is 26.0. The first-order valence-corrected chi connectivity index (χ1v) is 11.9. The van der Waals surface area contributed by atoms with Gasteiger partial charge in [-0.3, -0.25) is 9.78 Å². The fourth-order valence-corrected chi connectivity index (χ4v) is 4.89.